The summed E-state index contributed by atoms with van der Waals surface area (Å²) in [5.41, 5.74) is 14.5. The van der Waals surface area contributed by atoms with Crippen molar-refractivity contribution in [3.8, 4) is 0 Å². The lowest BCUT2D eigenvalue weighted by Crippen LogP contribution is -2.61. The Morgan fingerprint density at radius 2 is 1.15 bits per heavy atom. The maximum atomic E-state index is 11.7. The second kappa shape index (κ2) is 14.3. The molecule has 1 aliphatic rings. The van der Waals surface area contributed by atoms with Crippen LogP contribution in [-0.2, 0) is 48.3 Å². The van der Waals surface area contributed by atoms with Crippen LogP contribution < -0.4 is 11.5 Å². The van der Waals surface area contributed by atoms with Crippen molar-refractivity contribution in [3.05, 3.63) is 108 Å². The molecule has 1 amide bonds. The molecule has 1 fully saturated rings. The third-order valence-corrected chi connectivity index (χ3v) is 6.77. The second-order valence-electron chi connectivity index (χ2n) is 9.76. The zero-order chi connectivity index (χ0) is 27.6. The van der Waals surface area contributed by atoms with Crippen molar-refractivity contribution in [1.29, 1.82) is 0 Å². The summed E-state index contributed by atoms with van der Waals surface area (Å²) in [6.07, 6.45) is -3.69. The number of hydrogen-bond donors (Lipinski definition) is 2. The Balaban J connectivity index is 1.60. The van der Waals surface area contributed by atoms with Crippen molar-refractivity contribution < 1.29 is 28.5 Å². The Morgan fingerprint density at radius 1 is 0.744 bits per heavy atom. The van der Waals surface area contributed by atoms with Crippen LogP contribution in [0.15, 0.2) is 91.0 Å². The Morgan fingerprint density at radius 3 is 1.59 bits per heavy atom. The van der Waals surface area contributed by atoms with E-state index in [0.29, 0.717) is 19.8 Å². The molecule has 0 bridgehead atoms. The van der Waals surface area contributed by atoms with E-state index in [1.165, 1.54) is 0 Å². The number of amides is 1. The monoisotopic (exact) mass is 534 g/mol. The summed E-state index contributed by atoms with van der Waals surface area (Å²) in [4.78, 5) is 11.7. The minimum absolute atomic E-state index is 0.302. The highest BCUT2D eigenvalue weighted by Crippen LogP contribution is 2.31. The van der Waals surface area contributed by atoms with Gasteiger partial charge < -0.3 is 35.2 Å². The molecular formula is C31H38N2O6. The predicted octanol–water partition coefficient (Wildman–Crippen LogP) is 3.71. The zero-order valence-corrected chi connectivity index (χ0v) is 22.4. The summed E-state index contributed by atoms with van der Waals surface area (Å²) in [6.45, 7) is 4.63. The van der Waals surface area contributed by atoms with Crippen LogP contribution in [0.4, 0.5) is 0 Å². The van der Waals surface area contributed by atoms with Gasteiger partial charge >= 0.3 is 0 Å². The molecule has 3 aromatic rings. The summed E-state index contributed by atoms with van der Waals surface area (Å²) in [6, 6.07) is 28.7. The van der Waals surface area contributed by atoms with E-state index in [2.05, 4.69) is 0 Å². The third-order valence-electron chi connectivity index (χ3n) is 6.77. The molecule has 8 heteroatoms. The molecular weight excluding hydrogens is 496 g/mol. The largest absolute Gasteiger partial charge is 0.368 e. The highest BCUT2D eigenvalue weighted by Gasteiger charge is 2.48. The van der Waals surface area contributed by atoms with E-state index in [1.54, 1.807) is 6.92 Å². The first-order valence-electron chi connectivity index (χ1n) is 13.2. The van der Waals surface area contributed by atoms with E-state index in [0.717, 1.165) is 16.7 Å². The van der Waals surface area contributed by atoms with Crippen LogP contribution in [0.1, 0.15) is 30.5 Å². The van der Waals surface area contributed by atoms with Gasteiger partial charge in [-0.05, 0) is 30.5 Å². The van der Waals surface area contributed by atoms with Crippen LogP contribution in [0, 0.1) is 0 Å². The van der Waals surface area contributed by atoms with Crippen LogP contribution in [0.25, 0.3) is 0 Å². The fourth-order valence-corrected chi connectivity index (χ4v) is 4.51. The van der Waals surface area contributed by atoms with Gasteiger partial charge in [0.1, 0.15) is 24.4 Å². The molecule has 1 aliphatic heterocycles. The van der Waals surface area contributed by atoms with Crippen molar-refractivity contribution in [1.82, 2.24) is 0 Å². The van der Waals surface area contributed by atoms with Crippen molar-refractivity contribution >= 4 is 5.91 Å². The SMILES string of the molecule is C[C@@H]1O[C@@H](O[C@H](C)[C@H](N)C(N)=O)[C@@H](OCc2ccccc2)[C@H](OCc2ccccc2)[C@@H]1OCc1ccccc1. The highest BCUT2D eigenvalue weighted by molar-refractivity contribution is 5.80. The average molecular weight is 535 g/mol. The fourth-order valence-electron chi connectivity index (χ4n) is 4.51. The summed E-state index contributed by atoms with van der Waals surface area (Å²) in [5, 5.41) is 0. The van der Waals surface area contributed by atoms with E-state index in [1.807, 2.05) is 97.9 Å². The third kappa shape index (κ3) is 8.19. The molecule has 0 unspecified atom stereocenters. The van der Waals surface area contributed by atoms with E-state index in [-0.39, 0.29) is 0 Å². The summed E-state index contributed by atoms with van der Waals surface area (Å²) in [7, 11) is 0. The number of benzene rings is 3. The van der Waals surface area contributed by atoms with E-state index in [9.17, 15) is 4.79 Å². The normalized spacial score (nSPS) is 24.6. The van der Waals surface area contributed by atoms with Gasteiger partial charge in [0.15, 0.2) is 6.29 Å². The smallest absolute Gasteiger partial charge is 0.237 e. The topological polar surface area (TPSA) is 115 Å². The second-order valence-corrected chi connectivity index (χ2v) is 9.76. The van der Waals surface area contributed by atoms with E-state index in [4.69, 9.17) is 35.2 Å². The van der Waals surface area contributed by atoms with Gasteiger partial charge in [-0.15, -0.1) is 0 Å². The standard InChI is InChI=1S/C31H38N2O6/c1-21(26(32)30(33)34)38-31-29(37-20-25-16-10-5-11-17-25)28(36-19-24-14-8-4-9-15-24)27(22(2)39-31)35-18-23-12-6-3-7-13-23/h3-17,21-22,26-29,31H,18-20,32H2,1-2H3,(H2,33,34)/t21-,22+,26+,27-,28-,29+,31-/m1/s1. The Labute approximate surface area is 230 Å². The van der Waals surface area contributed by atoms with E-state index < -0.39 is 48.8 Å². The molecule has 0 aliphatic carbocycles. The first-order chi connectivity index (χ1) is 18.9. The Bertz CT molecular complexity index is 1130. The summed E-state index contributed by atoms with van der Waals surface area (Å²) in [5.74, 6) is -0.658. The van der Waals surface area contributed by atoms with Gasteiger partial charge in [-0.3, -0.25) is 4.79 Å². The zero-order valence-electron chi connectivity index (χ0n) is 22.4. The molecule has 0 saturated carbocycles. The maximum absolute atomic E-state index is 11.7. The number of carbonyl (C=O) groups excluding carboxylic acids is 1. The van der Waals surface area contributed by atoms with Crippen molar-refractivity contribution in [2.75, 3.05) is 0 Å². The lowest BCUT2D eigenvalue weighted by molar-refractivity contribution is -0.327. The van der Waals surface area contributed by atoms with Crippen molar-refractivity contribution in [2.45, 2.75) is 76.5 Å². The minimum Gasteiger partial charge on any atom is -0.368 e. The van der Waals surface area contributed by atoms with Crippen LogP contribution in [0.2, 0.25) is 0 Å². The Kier molecular flexibility index (Phi) is 10.6. The van der Waals surface area contributed by atoms with Gasteiger partial charge in [-0.1, -0.05) is 91.0 Å². The van der Waals surface area contributed by atoms with Gasteiger partial charge in [-0.2, -0.15) is 0 Å². The summed E-state index contributed by atoms with van der Waals surface area (Å²) >= 11 is 0. The molecule has 1 heterocycles. The maximum Gasteiger partial charge on any atom is 0.237 e. The van der Waals surface area contributed by atoms with Crippen LogP contribution >= 0.6 is 0 Å². The highest BCUT2D eigenvalue weighted by atomic mass is 16.7. The molecule has 4 N–H and O–H groups in total. The molecule has 0 spiro atoms. The summed E-state index contributed by atoms with van der Waals surface area (Å²) < 4.78 is 31.9. The first-order valence-corrected chi connectivity index (χ1v) is 13.2. The minimum atomic E-state index is -1.01. The quantitative estimate of drug-likeness (QED) is 0.344. The van der Waals surface area contributed by atoms with Crippen molar-refractivity contribution in [3.63, 3.8) is 0 Å². The Hall–Kier alpha value is -3.11. The molecule has 208 valence electrons. The molecule has 0 radical (unpaired) electrons. The molecule has 8 nitrogen and oxygen atoms in total. The molecule has 4 rings (SSSR count). The van der Waals surface area contributed by atoms with Crippen LogP contribution in [-0.4, -0.2) is 48.8 Å². The van der Waals surface area contributed by atoms with Gasteiger partial charge in [0.2, 0.25) is 5.91 Å². The number of nitrogens with two attached hydrogens (primary N) is 2. The van der Waals surface area contributed by atoms with Gasteiger partial charge in [-0.25, -0.2) is 0 Å². The molecule has 1 saturated heterocycles. The van der Waals surface area contributed by atoms with E-state index >= 15 is 0 Å². The van der Waals surface area contributed by atoms with Crippen LogP contribution in [0.5, 0.6) is 0 Å². The number of ether oxygens (including phenoxy) is 5. The van der Waals surface area contributed by atoms with Gasteiger partial charge in [0, 0.05) is 0 Å². The van der Waals surface area contributed by atoms with Crippen molar-refractivity contribution in [2.24, 2.45) is 11.5 Å². The van der Waals surface area contributed by atoms with Crippen LogP contribution in [0.3, 0.4) is 0 Å². The number of rotatable bonds is 13. The fraction of sp³-hybridized carbons (Fsp3) is 0.387. The number of primary amides is 1. The molecule has 3 aromatic carbocycles. The molecule has 0 aromatic heterocycles. The first kappa shape index (κ1) is 28.9. The lowest BCUT2D eigenvalue weighted by atomic mass is 9.98. The number of hydrogen-bond acceptors (Lipinski definition) is 7. The molecule has 39 heavy (non-hydrogen) atoms. The number of carbonyl (C=O) groups is 1. The average Bonchev–Trinajstić information content (AvgIpc) is 2.96. The van der Waals surface area contributed by atoms with Gasteiger partial charge in [0.25, 0.3) is 0 Å². The predicted molar refractivity (Wildman–Crippen MR) is 147 cm³/mol. The molecule has 7 atom stereocenters. The lowest BCUT2D eigenvalue weighted by Gasteiger charge is -2.45. The van der Waals surface area contributed by atoms with Gasteiger partial charge in [0.05, 0.1) is 32.0 Å².